The predicted molar refractivity (Wildman–Crippen MR) is 69.0 cm³/mol. The Kier molecular flexibility index (Phi) is 3.91. The van der Waals surface area contributed by atoms with Gasteiger partial charge in [-0.15, -0.1) is 11.3 Å². The van der Waals surface area contributed by atoms with Crippen molar-refractivity contribution in [1.82, 2.24) is 14.8 Å². The van der Waals surface area contributed by atoms with Crippen molar-refractivity contribution < 1.29 is 14.3 Å². The second-order valence-electron chi connectivity index (χ2n) is 3.72. The standard InChI is InChI=1S/C11H12N4O3S/c1-7-10(19-6-12-7)11(17)14-8-3-13-15(4-8)5-9(16)18-2/h3-4,6H,5H2,1-2H3,(H,14,17). The highest BCUT2D eigenvalue weighted by atomic mass is 32.1. The lowest BCUT2D eigenvalue weighted by Gasteiger charge is -2.00. The first kappa shape index (κ1) is 13.2. The third kappa shape index (κ3) is 3.16. The lowest BCUT2D eigenvalue weighted by Crippen LogP contribution is -2.12. The molecule has 0 aliphatic carbocycles. The second-order valence-corrected chi connectivity index (χ2v) is 4.58. The minimum absolute atomic E-state index is 0.00591. The predicted octanol–water partition coefficient (Wildman–Crippen LogP) is 1.07. The maximum Gasteiger partial charge on any atom is 0.327 e. The largest absolute Gasteiger partial charge is 0.468 e. The fourth-order valence-corrected chi connectivity index (χ4v) is 2.12. The summed E-state index contributed by atoms with van der Waals surface area (Å²) in [4.78, 5) is 27.5. The number of esters is 1. The summed E-state index contributed by atoms with van der Waals surface area (Å²) in [6.07, 6.45) is 3.03. The third-order valence-corrected chi connectivity index (χ3v) is 3.29. The molecular formula is C11H12N4O3S. The molecule has 0 spiro atoms. The van der Waals surface area contributed by atoms with Gasteiger partial charge < -0.3 is 10.1 Å². The summed E-state index contributed by atoms with van der Waals surface area (Å²) in [7, 11) is 1.31. The van der Waals surface area contributed by atoms with E-state index in [0.29, 0.717) is 16.3 Å². The highest BCUT2D eigenvalue weighted by Crippen LogP contribution is 2.15. The van der Waals surface area contributed by atoms with Crippen LogP contribution in [0.2, 0.25) is 0 Å². The van der Waals surface area contributed by atoms with Gasteiger partial charge in [-0.1, -0.05) is 0 Å². The number of hydrogen-bond acceptors (Lipinski definition) is 6. The molecular weight excluding hydrogens is 268 g/mol. The molecule has 7 nitrogen and oxygen atoms in total. The molecule has 2 aromatic heterocycles. The first-order chi connectivity index (χ1) is 9.10. The van der Waals surface area contributed by atoms with Crippen LogP contribution < -0.4 is 5.32 Å². The molecule has 2 aromatic rings. The van der Waals surface area contributed by atoms with Crippen LogP contribution in [0.3, 0.4) is 0 Å². The van der Waals surface area contributed by atoms with Gasteiger partial charge in [0.15, 0.2) is 0 Å². The molecule has 19 heavy (non-hydrogen) atoms. The summed E-state index contributed by atoms with van der Waals surface area (Å²) in [6.45, 7) is 1.78. The Morgan fingerprint density at radius 3 is 2.95 bits per heavy atom. The molecule has 0 aliphatic heterocycles. The number of aromatic nitrogens is 3. The highest BCUT2D eigenvalue weighted by molar-refractivity contribution is 7.12. The summed E-state index contributed by atoms with van der Waals surface area (Å²) in [5.74, 6) is -0.642. The van der Waals surface area contributed by atoms with Crippen LogP contribution in [0.4, 0.5) is 5.69 Å². The number of aryl methyl sites for hydroxylation is 1. The minimum Gasteiger partial charge on any atom is -0.468 e. The molecule has 1 N–H and O–H groups in total. The van der Waals surface area contributed by atoms with Gasteiger partial charge in [0.05, 0.1) is 30.2 Å². The topological polar surface area (TPSA) is 86.1 Å². The Morgan fingerprint density at radius 1 is 1.53 bits per heavy atom. The number of carbonyl (C=O) groups excluding carboxylic acids is 2. The fourth-order valence-electron chi connectivity index (χ4n) is 1.42. The minimum atomic E-state index is -0.403. The average Bonchev–Trinajstić information content (AvgIpc) is 2.98. The zero-order valence-electron chi connectivity index (χ0n) is 10.4. The van der Waals surface area contributed by atoms with Gasteiger partial charge in [0.25, 0.3) is 5.91 Å². The number of anilines is 1. The van der Waals surface area contributed by atoms with Crippen molar-refractivity contribution >= 4 is 28.9 Å². The second kappa shape index (κ2) is 5.61. The highest BCUT2D eigenvalue weighted by Gasteiger charge is 2.13. The van der Waals surface area contributed by atoms with Crippen molar-refractivity contribution in [3.63, 3.8) is 0 Å². The first-order valence-electron chi connectivity index (χ1n) is 5.41. The summed E-state index contributed by atoms with van der Waals surface area (Å²) < 4.78 is 5.92. The molecule has 0 radical (unpaired) electrons. The van der Waals surface area contributed by atoms with Crippen LogP contribution in [-0.2, 0) is 16.1 Å². The summed E-state index contributed by atoms with van der Waals surface area (Å²) in [6, 6.07) is 0. The first-order valence-corrected chi connectivity index (χ1v) is 6.29. The molecule has 100 valence electrons. The zero-order chi connectivity index (χ0) is 13.8. The van der Waals surface area contributed by atoms with Gasteiger partial charge in [-0.3, -0.25) is 14.3 Å². The Labute approximate surface area is 113 Å². The molecule has 0 aliphatic rings. The van der Waals surface area contributed by atoms with Gasteiger partial charge in [-0.25, -0.2) is 4.98 Å². The Bertz CT molecular complexity index is 605. The maximum absolute atomic E-state index is 11.9. The van der Waals surface area contributed by atoms with E-state index in [1.54, 1.807) is 18.6 Å². The molecule has 2 heterocycles. The number of rotatable bonds is 4. The van der Waals surface area contributed by atoms with Gasteiger partial charge in [0.1, 0.15) is 11.4 Å². The number of nitrogens with zero attached hydrogens (tertiary/aromatic N) is 3. The molecule has 1 amide bonds. The van der Waals surface area contributed by atoms with Gasteiger partial charge in [-0.2, -0.15) is 5.10 Å². The van der Waals surface area contributed by atoms with E-state index in [0.717, 1.165) is 0 Å². The van der Waals surface area contributed by atoms with E-state index in [2.05, 4.69) is 20.1 Å². The van der Waals surface area contributed by atoms with Crippen LogP contribution in [0.25, 0.3) is 0 Å². The van der Waals surface area contributed by atoms with Gasteiger partial charge >= 0.3 is 5.97 Å². The number of carbonyl (C=O) groups is 2. The van der Waals surface area contributed by atoms with E-state index in [9.17, 15) is 9.59 Å². The van der Waals surface area contributed by atoms with E-state index in [1.165, 1.54) is 29.3 Å². The molecule has 0 aromatic carbocycles. The van der Waals surface area contributed by atoms with Crippen LogP contribution in [0, 0.1) is 6.92 Å². The maximum atomic E-state index is 11.9. The molecule has 0 unspecified atom stereocenters. The van der Waals surface area contributed by atoms with Crippen LogP contribution in [0.5, 0.6) is 0 Å². The summed E-state index contributed by atoms with van der Waals surface area (Å²) >= 11 is 1.27. The van der Waals surface area contributed by atoms with E-state index in [-0.39, 0.29) is 12.5 Å². The fraction of sp³-hybridized carbons (Fsp3) is 0.273. The smallest absolute Gasteiger partial charge is 0.327 e. The number of ether oxygens (including phenoxy) is 1. The van der Waals surface area contributed by atoms with E-state index in [4.69, 9.17) is 0 Å². The number of methoxy groups -OCH3 is 1. The Hall–Kier alpha value is -2.22. The summed E-state index contributed by atoms with van der Waals surface area (Å²) in [5.41, 5.74) is 2.82. The van der Waals surface area contributed by atoms with Crippen LogP contribution >= 0.6 is 11.3 Å². The van der Waals surface area contributed by atoms with Crippen molar-refractivity contribution in [2.24, 2.45) is 0 Å². The van der Waals surface area contributed by atoms with Gasteiger partial charge in [0, 0.05) is 6.20 Å². The lowest BCUT2D eigenvalue weighted by atomic mass is 10.3. The lowest BCUT2D eigenvalue weighted by molar-refractivity contribution is -0.141. The number of nitrogens with one attached hydrogen (secondary N) is 1. The van der Waals surface area contributed by atoms with Gasteiger partial charge in [0.2, 0.25) is 0 Å². The molecule has 0 saturated heterocycles. The zero-order valence-corrected chi connectivity index (χ0v) is 11.2. The number of thiazole rings is 1. The monoisotopic (exact) mass is 280 g/mol. The molecule has 2 rings (SSSR count). The van der Waals surface area contributed by atoms with Crippen LogP contribution in [0.15, 0.2) is 17.9 Å². The van der Waals surface area contributed by atoms with E-state index < -0.39 is 5.97 Å². The molecule has 0 bridgehead atoms. The van der Waals surface area contributed by atoms with Crippen molar-refractivity contribution in [1.29, 1.82) is 0 Å². The van der Waals surface area contributed by atoms with E-state index >= 15 is 0 Å². The van der Waals surface area contributed by atoms with Crippen molar-refractivity contribution in [2.75, 3.05) is 12.4 Å². The van der Waals surface area contributed by atoms with E-state index in [1.807, 2.05) is 0 Å². The Balaban J connectivity index is 2.02. The quantitative estimate of drug-likeness (QED) is 0.847. The molecule has 0 fully saturated rings. The number of hydrogen-bond donors (Lipinski definition) is 1. The SMILES string of the molecule is COC(=O)Cn1cc(NC(=O)c2scnc2C)cn1. The molecule has 8 heteroatoms. The van der Waals surface area contributed by atoms with Crippen molar-refractivity contribution in [2.45, 2.75) is 13.5 Å². The molecule has 0 saturated carbocycles. The van der Waals surface area contributed by atoms with Crippen molar-refractivity contribution in [3.05, 3.63) is 28.5 Å². The third-order valence-electron chi connectivity index (χ3n) is 2.36. The summed E-state index contributed by atoms with van der Waals surface area (Å²) in [5, 5.41) is 6.64. The van der Waals surface area contributed by atoms with Crippen LogP contribution in [0.1, 0.15) is 15.4 Å². The van der Waals surface area contributed by atoms with Crippen LogP contribution in [-0.4, -0.2) is 33.8 Å². The molecule has 0 atom stereocenters. The van der Waals surface area contributed by atoms with Gasteiger partial charge in [-0.05, 0) is 6.92 Å². The average molecular weight is 280 g/mol. The number of amides is 1. The normalized spacial score (nSPS) is 10.2. The Morgan fingerprint density at radius 2 is 2.32 bits per heavy atom. The van der Waals surface area contributed by atoms with Crippen molar-refractivity contribution in [3.8, 4) is 0 Å².